The first-order valence-electron chi connectivity index (χ1n) is 19.0. The van der Waals surface area contributed by atoms with Crippen molar-refractivity contribution in [3.8, 4) is 50.5 Å². The van der Waals surface area contributed by atoms with Crippen molar-refractivity contribution in [2.45, 2.75) is 0 Å². The van der Waals surface area contributed by atoms with Crippen molar-refractivity contribution in [3.63, 3.8) is 0 Å². The molecule has 1 aromatic heterocycles. The van der Waals surface area contributed by atoms with Gasteiger partial charge in [-0.1, -0.05) is 164 Å². The molecule has 0 unspecified atom stereocenters. The van der Waals surface area contributed by atoms with E-state index in [1.807, 2.05) is 6.07 Å². The number of rotatable bonds is 8. The topological polar surface area (TPSA) is 21.1 Å². The zero-order valence-electron chi connectivity index (χ0n) is 30.7. The largest absolute Gasteiger partial charge is 0.310 e. The van der Waals surface area contributed by atoms with Gasteiger partial charge in [0.05, 0.1) is 11.0 Å². The first-order chi connectivity index (χ1) is 27.8. The van der Waals surface area contributed by atoms with Gasteiger partial charge in [-0.05, 0) is 99.3 Å². The van der Waals surface area contributed by atoms with E-state index in [0.717, 1.165) is 67.4 Å². The summed E-state index contributed by atoms with van der Waals surface area (Å²) in [4.78, 5) is 7.54. The first kappa shape index (κ1) is 33.1. The van der Waals surface area contributed by atoms with E-state index in [1.165, 1.54) is 21.9 Å². The van der Waals surface area contributed by atoms with Crippen LogP contribution in [-0.2, 0) is 0 Å². The van der Waals surface area contributed by atoms with E-state index in [9.17, 15) is 0 Å². The number of fused-ring (bicyclic) bond motifs is 2. The Labute approximate surface area is 327 Å². The Kier molecular flexibility index (Phi) is 8.51. The lowest BCUT2D eigenvalue weighted by atomic mass is 9.97. The van der Waals surface area contributed by atoms with Gasteiger partial charge in [0.15, 0.2) is 0 Å². The Balaban J connectivity index is 1.04. The third-order valence-corrected chi connectivity index (χ3v) is 10.6. The average molecular weight is 716 g/mol. The third-order valence-electron chi connectivity index (χ3n) is 10.6. The van der Waals surface area contributed by atoms with Crippen LogP contribution in [0.1, 0.15) is 0 Å². The number of imidazole rings is 1. The molecule has 3 heteroatoms. The molecule has 0 amide bonds. The molecular weight excluding hydrogens is 679 g/mol. The molecule has 1 heterocycles. The van der Waals surface area contributed by atoms with Gasteiger partial charge in [0.1, 0.15) is 5.82 Å². The summed E-state index contributed by atoms with van der Waals surface area (Å²) in [7, 11) is 0. The number of hydrogen-bond donors (Lipinski definition) is 0. The second-order valence-corrected chi connectivity index (χ2v) is 14.1. The van der Waals surface area contributed by atoms with Crippen molar-refractivity contribution < 1.29 is 0 Å². The molecule has 0 N–H and O–H groups in total. The van der Waals surface area contributed by atoms with Gasteiger partial charge in [0.2, 0.25) is 0 Å². The zero-order chi connectivity index (χ0) is 37.3. The molecule has 9 aromatic carbocycles. The van der Waals surface area contributed by atoms with Gasteiger partial charge in [-0.15, -0.1) is 0 Å². The maximum Gasteiger partial charge on any atom is 0.145 e. The third kappa shape index (κ3) is 6.21. The van der Waals surface area contributed by atoms with Crippen LogP contribution in [-0.4, -0.2) is 9.55 Å². The minimum atomic E-state index is 0.927. The molecule has 0 saturated carbocycles. The molecule has 10 rings (SSSR count). The van der Waals surface area contributed by atoms with E-state index >= 15 is 0 Å². The van der Waals surface area contributed by atoms with Gasteiger partial charge < -0.3 is 4.90 Å². The van der Waals surface area contributed by atoms with Crippen molar-refractivity contribution >= 4 is 38.9 Å². The van der Waals surface area contributed by atoms with Crippen LogP contribution in [0.25, 0.3) is 72.3 Å². The van der Waals surface area contributed by atoms with E-state index < -0.39 is 0 Å². The molecule has 0 atom stereocenters. The highest BCUT2D eigenvalue weighted by Crippen LogP contribution is 2.40. The monoisotopic (exact) mass is 715 g/mol. The van der Waals surface area contributed by atoms with E-state index in [-0.39, 0.29) is 0 Å². The molecule has 0 bridgehead atoms. The van der Waals surface area contributed by atoms with Crippen LogP contribution in [0.4, 0.5) is 17.1 Å². The van der Waals surface area contributed by atoms with Crippen LogP contribution in [0.3, 0.4) is 0 Å². The second kappa shape index (κ2) is 14.4. The predicted molar refractivity (Wildman–Crippen MR) is 235 cm³/mol. The zero-order valence-corrected chi connectivity index (χ0v) is 30.7. The Morgan fingerprint density at radius 2 is 0.857 bits per heavy atom. The number of para-hydroxylation sites is 2. The number of hydrogen-bond acceptors (Lipinski definition) is 2. The predicted octanol–water partition coefficient (Wildman–Crippen LogP) is 14.3. The normalized spacial score (nSPS) is 11.2. The molecule has 0 radical (unpaired) electrons. The number of nitrogens with zero attached hydrogens (tertiary/aromatic N) is 3. The molecule has 56 heavy (non-hydrogen) atoms. The highest BCUT2D eigenvalue weighted by Gasteiger charge is 2.19. The van der Waals surface area contributed by atoms with Crippen LogP contribution in [0, 0.1) is 0 Å². The van der Waals surface area contributed by atoms with Gasteiger partial charge in [-0.25, -0.2) is 4.98 Å². The SMILES string of the molecule is c1ccc(-c2ccc(N(c3ccc(-c4cccc(-c5cccc6nc(-c7ccccc7)n(-c7ccccc7)c56)c4)cc3)c3ccc4ccccc4c3)cc2)cc1. The lowest BCUT2D eigenvalue weighted by Crippen LogP contribution is -2.09. The van der Waals surface area contributed by atoms with Crippen molar-refractivity contribution in [2.75, 3.05) is 4.90 Å². The van der Waals surface area contributed by atoms with Crippen LogP contribution >= 0.6 is 0 Å². The smallest absolute Gasteiger partial charge is 0.145 e. The summed E-state index contributed by atoms with van der Waals surface area (Å²) < 4.78 is 2.30. The molecule has 3 nitrogen and oxygen atoms in total. The lowest BCUT2D eigenvalue weighted by Gasteiger charge is -2.26. The molecule has 10 aromatic rings. The van der Waals surface area contributed by atoms with E-state index in [4.69, 9.17) is 4.98 Å². The minimum absolute atomic E-state index is 0.927. The summed E-state index contributed by atoms with van der Waals surface area (Å²) in [6, 6.07) is 79.9. The van der Waals surface area contributed by atoms with Gasteiger partial charge in [0.25, 0.3) is 0 Å². The van der Waals surface area contributed by atoms with E-state index in [1.54, 1.807) is 0 Å². The van der Waals surface area contributed by atoms with E-state index in [2.05, 4.69) is 228 Å². The first-order valence-corrected chi connectivity index (χ1v) is 19.0. The summed E-state index contributed by atoms with van der Waals surface area (Å²) in [5, 5.41) is 2.44. The molecule has 0 aliphatic carbocycles. The Bertz CT molecular complexity index is 2930. The fourth-order valence-corrected chi connectivity index (χ4v) is 7.83. The fourth-order valence-electron chi connectivity index (χ4n) is 7.83. The molecule has 0 spiro atoms. The molecular formula is C53H37N3. The standard InChI is InChI=1S/C53H37N3/c1-4-14-38(15-5-1)40-26-31-47(32-27-40)55(49-35-30-39-16-10-11-19-44(39)37-49)48-33-28-41(29-34-48)43-20-12-21-45(36-43)50-24-13-25-51-52(50)56(46-22-8-3-9-23-46)53(54-51)42-17-6-2-7-18-42/h1-37H. The van der Waals surface area contributed by atoms with Crippen LogP contribution < -0.4 is 4.90 Å². The number of aromatic nitrogens is 2. The van der Waals surface area contributed by atoms with Crippen molar-refractivity contribution in [3.05, 3.63) is 224 Å². The Hall–Kier alpha value is -7.49. The van der Waals surface area contributed by atoms with Gasteiger partial charge in [0, 0.05) is 33.9 Å². The summed E-state index contributed by atoms with van der Waals surface area (Å²) >= 11 is 0. The van der Waals surface area contributed by atoms with Crippen LogP contribution in [0.2, 0.25) is 0 Å². The van der Waals surface area contributed by atoms with E-state index in [0.29, 0.717) is 0 Å². The van der Waals surface area contributed by atoms with Crippen LogP contribution in [0.5, 0.6) is 0 Å². The van der Waals surface area contributed by atoms with Gasteiger partial charge in [-0.2, -0.15) is 0 Å². The highest BCUT2D eigenvalue weighted by atomic mass is 15.1. The minimum Gasteiger partial charge on any atom is -0.310 e. The molecule has 264 valence electrons. The summed E-state index contributed by atoms with van der Waals surface area (Å²) in [5.74, 6) is 0.927. The molecule has 0 fully saturated rings. The summed E-state index contributed by atoms with van der Waals surface area (Å²) in [6.45, 7) is 0. The number of anilines is 3. The van der Waals surface area contributed by atoms with Crippen LogP contribution in [0.15, 0.2) is 224 Å². The van der Waals surface area contributed by atoms with Crippen molar-refractivity contribution in [2.24, 2.45) is 0 Å². The lowest BCUT2D eigenvalue weighted by molar-refractivity contribution is 1.10. The van der Waals surface area contributed by atoms with Crippen molar-refractivity contribution in [1.29, 1.82) is 0 Å². The second-order valence-electron chi connectivity index (χ2n) is 14.1. The Morgan fingerprint density at radius 3 is 1.55 bits per heavy atom. The fraction of sp³-hybridized carbons (Fsp3) is 0. The van der Waals surface area contributed by atoms with Crippen molar-refractivity contribution in [1.82, 2.24) is 9.55 Å². The molecule has 0 aliphatic rings. The van der Waals surface area contributed by atoms with Gasteiger partial charge in [-0.3, -0.25) is 4.57 Å². The maximum absolute atomic E-state index is 5.20. The quantitative estimate of drug-likeness (QED) is 0.156. The summed E-state index contributed by atoms with van der Waals surface area (Å²) in [5.41, 5.74) is 14.5. The maximum atomic E-state index is 5.20. The molecule has 0 saturated heterocycles. The average Bonchev–Trinajstić information content (AvgIpc) is 3.68. The Morgan fingerprint density at radius 1 is 0.339 bits per heavy atom. The summed E-state index contributed by atoms with van der Waals surface area (Å²) in [6.07, 6.45) is 0. The highest BCUT2D eigenvalue weighted by molar-refractivity contribution is 5.97. The number of benzene rings is 9. The molecule has 0 aliphatic heterocycles. The van der Waals surface area contributed by atoms with Gasteiger partial charge >= 0.3 is 0 Å².